The van der Waals surface area contributed by atoms with E-state index in [9.17, 15) is 14.4 Å². The van der Waals surface area contributed by atoms with Crippen LogP contribution in [0.2, 0.25) is 0 Å². The highest BCUT2D eigenvalue weighted by Gasteiger charge is 2.19. The maximum Gasteiger partial charge on any atom is 0.306 e. The molecule has 1 atom stereocenters. The van der Waals surface area contributed by atoms with Crippen LogP contribution in [0.4, 0.5) is 0 Å². The third kappa shape index (κ3) is 58.7. The van der Waals surface area contributed by atoms with E-state index in [-0.39, 0.29) is 31.1 Å². The molecule has 0 spiro atoms. The van der Waals surface area contributed by atoms with Gasteiger partial charge < -0.3 is 14.2 Å². The zero-order valence-electron chi connectivity index (χ0n) is 48.0. The number of esters is 3. The minimum absolute atomic E-state index is 0.0684. The summed E-state index contributed by atoms with van der Waals surface area (Å²) >= 11 is 0. The highest BCUT2D eigenvalue weighted by Crippen LogP contribution is 2.18. The van der Waals surface area contributed by atoms with E-state index in [4.69, 9.17) is 14.2 Å². The Morgan fingerprint density at radius 3 is 0.761 bits per heavy atom. The van der Waals surface area contributed by atoms with Gasteiger partial charge in [-0.15, -0.1) is 0 Å². The fourth-order valence-corrected chi connectivity index (χ4v) is 9.62. The Bertz CT molecular complexity index is 1150. The van der Waals surface area contributed by atoms with Gasteiger partial charge in [0.15, 0.2) is 6.10 Å². The Morgan fingerprint density at radius 1 is 0.268 bits per heavy atom. The van der Waals surface area contributed by atoms with Crippen molar-refractivity contribution < 1.29 is 28.6 Å². The Kier molecular flexibility index (Phi) is 58.6. The molecule has 0 amide bonds. The summed E-state index contributed by atoms with van der Waals surface area (Å²) < 4.78 is 16.9. The highest BCUT2D eigenvalue weighted by atomic mass is 16.6. The number of hydrogen-bond donors (Lipinski definition) is 0. The van der Waals surface area contributed by atoms with Crippen LogP contribution < -0.4 is 0 Å². The summed E-state index contributed by atoms with van der Waals surface area (Å²) in [4.78, 5) is 38.1. The zero-order chi connectivity index (χ0) is 51.4. The van der Waals surface area contributed by atoms with Crippen molar-refractivity contribution in [2.45, 2.75) is 361 Å². The van der Waals surface area contributed by atoms with Crippen LogP contribution >= 0.6 is 0 Å². The van der Waals surface area contributed by atoms with E-state index in [1.54, 1.807) is 0 Å². The first-order chi connectivity index (χ1) is 35.0. The van der Waals surface area contributed by atoms with Gasteiger partial charge in [-0.25, -0.2) is 0 Å². The zero-order valence-corrected chi connectivity index (χ0v) is 48.0. The van der Waals surface area contributed by atoms with Gasteiger partial charge in [-0.2, -0.15) is 0 Å². The van der Waals surface area contributed by atoms with Gasteiger partial charge in [-0.05, 0) is 64.2 Å². The molecule has 0 aliphatic heterocycles. The fraction of sp³-hybridized carbons (Fsp3) is 0.892. The fourth-order valence-electron chi connectivity index (χ4n) is 9.62. The Labute approximate surface area is 443 Å². The van der Waals surface area contributed by atoms with Gasteiger partial charge >= 0.3 is 17.9 Å². The average molecular weight is 1000 g/mol. The molecule has 0 radical (unpaired) electrons. The van der Waals surface area contributed by atoms with Crippen molar-refractivity contribution in [1.29, 1.82) is 0 Å². The first-order valence-corrected chi connectivity index (χ1v) is 31.8. The van der Waals surface area contributed by atoms with Crippen LogP contribution in [0.5, 0.6) is 0 Å². The number of carbonyl (C=O) groups excluding carboxylic acids is 3. The van der Waals surface area contributed by atoms with Gasteiger partial charge in [-0.3, -0.25) is 14.4 Å². The van der Waals surface area contributed by atoms with Crippen LogP contribution in [-0.4, -0.2) is 37.2 Å². The second-order valence-corrected chi connectivity index (χ2v) is 21.7. The van der Waals surface area contributed by atoms with Crippen LogP contribution in [0.1, 0.15) is 355 Å². The topological polar surface area (TPSA) is 78.9 Å². The molecule has 0 rings (SSSR count). The number of carbonyl (C=O) groups is 3. The van der Waals surface area contributed by atoms with Gasteiger partial charge in [0, 0.05) is 19.3 Å². The molecule has 0 N–H and O–H groups in total. The van der Waals surface area contributed by atoms with Crippen LogP contribution in [0, 0.1) is 0 Å². The SMILES string of the molecule is CCC/C=C\CCCCCCCC(=O)OCC(COC(=O)CCCCCCCCCCCCCCCCCCC/C=C\CCCCCCCCCC)OC(=O)CCCCCCCCCCCCCCCC. The van der Waals surface area contributed by atoms with E-state index in [1.165, 1.54) is 244 Å². The number of rotatable bonds is 59. The summed E-state index contributed by atoms with van der Waals surface area (Å²) in [6.07, 6.45) is 72.1. The molecule has 0 aliphatic rings. The second-order valence-electron chi connectivity index (χ2n) is 21.7. The Hall–Kier alpha value is -2.11. The molecule has 0 saturated carbocycles. The van der Waals surface area contributed by atoms with Gasteiger partial charge in [0.25, 0.3) is 0 Å². The molecule has 0 aromatic rings. The maximum absolute atomic E-state index is 12.8. The molecule has 0 fully saturated rings. The standard InChI is InChI=1S/C65H122O6/c1-4-7-10-13-16-19-22-24-26-27-28-29-30-31-32-33-34-35-36-37-38-39-40-42-43-46-49-52-55-58-64(67)70-61-62(60-69-63(66)57-54-51-48-45-21-18-15-12-9-6-3)71-65(68)59-56-53-50-47-44-41-25-23-20-17-14-11-8-5-2/h12,15,27-28,62H,4-11,13-14,16-26,29-61H2,1-3H3/b15-12-,28-27-. The average Bonchev–Trinajstić information content (AvgIpc) is 3.37. The van der Waals surface area contributed by atoms with E-state index < -0.39 is 6.10 Å². The monoisotopic (exact) mass is 999 g/mol. The van der Waals surface area contributed by atoms with Crippen molar-refractivity contribution >= 4 is 17.9 Å². The lowest BCUT2D eigenvalue weighted by Gasteiger charge is -2.18. The van der Waals surface area contributed by atoms with E-state index in [0.29, 0.717) is 19.3 Å². The molecule has 0 bridgehead atoms. The molecule has 418 valence electrons. The predicted molar refractivity (Wildman–Crippen MR) is 307 cm³/mol. The van der Waals surface area contributed by atoms with Crippen molar-refractivity contribution in [3.8, 4) is 0 Å². The molecular weight excluding hydrogens is 877 g/mol. The van der Waals surface area contributed by atoms with Gasteiger partial charge in [0.05, 0.1) is 0 Å². The summed E-state index contributed by atoms with van der Waals surface area (Å²) in [6, 6.07) is 0. The van der Waals surface area contributed by atoms with E-state index in [1.807, 2.05) is 0 Å². The Morgan fingerprint density at radius 2 is 0.493 bits per heavy atom. The van der Waals surface area contributed by atoms with E-state index in [2.05, 4.69) is 45.1 Å². The van der Waals surface area contributed by atoms with Crippen LogP contribution in [-0.2, 0) is 28.6 Å². The lowest BCUT2D eigenvalue weighted by molar-refractivity contribution is -0.167. The van der Waals surface area contributed by atoms with Gasteiger partial charge in [0.1, 0.15) is 13.2 Å². The first kappa shape index (κ1) is 68.9. The summed E-state index contributed by atoms with van der Waals surface area (Å²) in [5.41, 5.74) is 0. The van der Waals surface area contributed by atoms with Crippen molar-refractivity contribution in [3.05, 3.63) is 24.3 Å². The minimum atomic E-state index is -0.769. The van der Waals surface area contributed by atoms with Crippen molar-refractivity contribution in [2.24, 2.45) is 0 Å². The first-order valence-electron chi connectivity index (χ1n) is 31.8. The minimum Gasteiger partial charge on any atom is -0.462 e. The lowest BCUT2D eigenvalue weighted by Crippen LogP contribution is -2.30. The molecule has 0 saturated heterocycles. The summed E-state index contributed by atoms with van der Waals surface area (Å²) in [5.74, 6) is -0.857. The van der Waals surface area contributed by atoms with Crippen LogP contribution in [0.25, 0.3) is 0 Å². The summed E-state index contributed by atoms with van der Waals surface area (Å²) in [6.45, 7) is 6.62. The molecule has 0 aromatic carbocycles. The number of hydrogen-bond acceptors (Lipinski definition) is 6. The third-order valence-electron chi connectivity index (χ3n) is 14.4. The normalized spacial score (nSPS) is 12.1. The molecule has 0 aliphatic carbocycles. The number of unbranched alkanes of at least 4 members (excludes halogenated alkanes) is 44. The number of allylic oxidation sites excluding steroid dienone is 4. The van der Waals surface area contributed by atoms with E-state index in [0.717, 1.165) is 70.6 Å². The summed E-state index contributed by atoms with van der Waals surface area (Å²) in [7, 11) is 0. The molecule has 1 unspecified atom stereocenters. The van der Waals surface area contributed by atoms with Crippen molar-refractivity contribution in [3.63, 3.8) is 0 Å². The predicted octanol–water partition coefficient (Wildman–Crippen LogP) is 21.4. The number of ether oxygens (including phenoxy) is 3. The maximum atomic E-state index is 12.8. The largest absolute Gasteiger partial charge is 0.462 e. The quantitative estimate of drug-likeness (QED) is 0.0261. The van der Waals surface area contributed by atoms with E-state index >= 15 is 0 Å². The molecule has 6 nitrogen and oxygen atoms in total. The molecular formula is C65H122O6. The molecule has 0 heterocycles. The van der Waals surface area contributed by atoms with Crippen LogP contribution in [0.3, 0.4) is 0 Å². The lowest BCUT2D eigenvalue weighted by atomic mass is 10.0. The van der Waals surface area contributed by atoms with Gasteiger partial charge in [0.2, 0.25) is 0 Å². The molecule has 6 heteroatoms. The van der Waals surface area contributed by atoms with Crippen LogP contribution in [0.15, 0.2) is 24.3 Å². The Balaban J connectivity index is 4.07. The smallest absolute Gasteiger partial charge is 0.306 e. The van der Waals surface area contributed by atoms with Crippen molar-refractivity contribution in [1.82, 2.24) is 0 Å². The second kappa shape index (κ2) is 60.4. The third-order valence-corrected chi connectivity index (χ3v) is 14.4. The molecule has 71 heavy (non-hydrogen) atoms. The highest BCUT2D eigenvalue weighted by molar-refractivity contribution is 5.71. The van der Waals surface area contributed by atoms with Gasteiger partial charge in [-0.1, -0.05) is 295 Å². The van der Waals surface area contributed by atoms with Crippen molar-refractivity contribution in [2.75, 3.05) is 13.2 Å². The summed E-state index contributed by atoms with van der Waals surface area (Å²) in [5, 5.41) is 0. The molecule has 0 aromatic heterocycles.